The molecule has 0 unspecified atom stereocenters. The summed E-state index contributed by atoms with van der Waals surface area (Å²) >= 11 is 0. The van der Waals surface area contributed by atoms with Gasteiger partial charge < -0.3 is 9.64 Å². The number of amides is 1. The number of likely N-dealkylation sites (tertiary alicyclic amines) is 1. The molecule has 1 aromatic heterocycles. The van der Waals surface area contributed by atoms with Crippen LogP contribution in [0.25, 0.3) is 10.9 Å². The quantitative estimate of drug-likeness (QED) is 0.552. The Morgan fingerprint density at radius 1 is 1.03 bits per heavy atom. The first-order chi connectivity index (χ1) is 15.1. The van der Waals surface area contributed by atoms with Gasteiger partial charge in [-0.2, -0.15) is 0 Å². The molecule has 1 aliphatic heterocycles. The Bertz CT molecular complexity index is 1200. The van der Waals surface area contributed by atoms with E-state index in [9.17, 15) is 13.2 Å². The van der Waals surface area contributed by atoms with Crippen LogP contribution in [-0.2, 0) is 21.2 Å². The highest BCUT2D eigenvalue weighted by atomic mass is 32.2. The number of aromatic nitrogens is 1. The van der Waals surface area contributed by atoms with Crippen molar-refractivity contribution in [3.63, 3.8) is 0 Å². The molecule has 4 rings (SSSR count). The van der Waals surface area contributed by atoms with Gasteiger partial charge in [0.15, 0.2) is 0 Å². The fourth-order valence-electron chi connectivity index (χ4n) is 4.19. The second kappa shape index (κ2) is 8.62. The lowest BCUT2D eigenvalue weighted by Crippen LogP contribution is -2.42. The molecule has 1 amide bonds. The molecule has 32 heavy (non-hydrogen) atoms. The molecule has 0 spiro atoms. The number of hydrogen-bond acceptors (Lipinski definition) is 4. The van der Waals surface area contributed by atoms with Crippen LogP contribution in [0.5, 0.6) is 0 Å². The summed E-state index contributed by atoms with van der Waals surface area (Å²) in [5.74, 6) is 0.487. The summed E-state index contributed by atoms with van der Waals surface area (Å²) in [6.07, 6.45) is 4.16. The van der Waals surface area contributed by atoms with Crippen LogP contribution in [0.2, 0.25) is 0 Å². The first kappa shape index (κ1) is 22.4. The van der Waals surface area contributed by atoms with E-state index in [4.69, 9.17) is 4.74 Å². The van der Waals surface area contributed by atoms with Crippen molar-refractivity contribution in [1.29, 1.82) is 0 Å². The molecule has 0 aliphatic carbocycles. The van der Waals surface area contributed by atoms with Gasteiger partial charge in [0, 0.05) is 24.7 Å². The van der Waals surface area contributed by atoms with Gasteiger partial charge in [-0.05, 0) is 81.8 Å². The molecule has 1 aliphatic rings. The van der Waals surface area contributed by atoms with E-state index in [-0.39, 0.29) is 11.0 Å². The van der Waals surface area contributed by atoms with Crippen molar-refractivity contribution < 1.29 is 17.9 Å². The van der Waals surface area contributed by atoms with E-state index in [2.05, 4.69) is 6.07 Å². The Hall–Kier alpha value is -2.80. The largest absolute Gasteiger partial charge is 0.444 e. The fourth-order valence-corrected chi connectivity index (χ4v) is 5.56. The van der Waals surface area contributed by atoms with Gasteiger partial charge in [-0.15, -0.1) is 0 Å². The van der Waals surface area contributed by atoms with Crippen LogP contribution in [0.4, 0.5) is 4.79 Å². The summed E-state index contributed by atoms with van der Waals surface area (Å²) in [6, 6.07) is 16.3. The van der Waals surface area contributed by atoms with Gasteiger partial charge in [0.25, 0.3) is 10.0 Å². The monoisotopic (exact) mass is 454 g/mol. The maximum absolute atomic E-state index is 13.0. The van der Waals surface area contributed by atoms with Crippen LogP contribution in [0.15, 0.2) is 65.7 Å². The van der Waals surface area contributed by atoms with Gasteiger partial charge in [0.2, 0.25) is 0 Å². The molecule has 0 atom stereocenters. The van der Waals surface area contributed by atoms with Crippen molar-refractivity contribution in [3.8, 4) is 0 Å². The van der Waals surface area contributed by atoms with E-state index >= 15 is 0 Å². The number of carbonyl (C=O) groups excluding carboxylic acids is 1. The van der Waals surface area contributed by atoms with Gasteiger partial charge in [0.05, 0.1) is 10.4 Å². The number of ether oxygens (including phenoxy) is 1. The minimum atomic E-state index is -3.62. The van der Waals surface area contributed by atoms with Crippen molar-refractivity contribution in [2.75, 3.05) is 13.1 Å². The van der Waals surface area contributed by atoms with Gasteiger partial charge in [-0.1, -0.05) is 24.3 Å². The molecule has 2 aromatic carbocycles. The topological polar surface area (TPSA) is 68.6 Å². The average Bonchev–Trinajstić information content (AvgIpc) is 3.18. The summed E-state index contributed by atoms with van der Waals surface area (Å²) in [5.41, 5.74) is 1.38. The molecule has 0 saturated carbocycles. The molecular weight excluding hydrogens is 424 g/mol. The second-order valence-electron chi connectivity index (χ2n) is 9.44. The first-order valence-electron chi connectivity index (χ1n) is 11.0. The van der Waals surface area contributed by atoms with Gasteiger partial charge >= 0.3 is 6.09 Å². The zero-order valence-electron chi connectivity index (χ0n) is 18.8. The summed E-state index contributed by atoms with van der Waals surface area (Å²) in [4.78, 5) is 14.3. The minimum Gasteiger partial charge on any atom is -0.444 e. The molecule has 1 fully saturated rings. The number of benzene rings is 2. The molecule has 0 bridgehead atoms. The highest BCUT2D eigenvalue weighted by Gasteiger charge is 2.27. The maximum Gasteiger partial charge on any atom is 0.410 e. The first-order valence-corrected chi connectivity index (χ1v) is 12.5. The average molecular weight is 455 g/mol. The molecule has 7 heteroatoms. The predicted octanol–water partition coefficient (Wildman–Crippen LogP) is 5.07. The molecule has 3 aromatic rings. The number of rotatable bonds is 4. The SMILES string of the molecule is CC(C)(C)OC(=O)N1CCC(Cc2ccc3c(ccn3S(=O)(=O)c3ccccc3)c2)CC1. The van der Waals surface area contributed by atoms with Crippen molar-refractivity contribution in [1.82, 2.24) is 8.87 Å². The van der Waals surface area contributed by atoms with Crippen LogP contribution in [0.1, 0.15) is 39.2 Å². The van der Waals surface area contributed by atoms with E-state index in [0.29, 0.717) is 24.5 Å². The zero-order chi connectivity index (χ0) is 22.9. The third kappa shape index (κ3) is 4.83. The lowest BCUT2D eigenvalue weighted by Gasteiger charge is -2.33. The maximum atomic E-state index is 13.0. The molecule has 2 heterocycles. The minimum absolute atomic E-state index is 0.238. The van der Waals surface area contributed by atoms with E-state index in [0.717, 1.165) is 24.6 Å². The van der Waals surface area contributed by atoms with Gasteiger partial charge in [-0.25, -0.2) is 17.2 Å². The van der Waals surface area contributed by atoms with Crippen molar-refractivity contribution in [2.45, 2.75) is 50.5 Å². The third-order valence-electron chi connectivity index (χ3n) is 5.81. The van der Waals surface area contributed by atoms with Crippen LogP contribution in [0.3, 0.4) is 0 Å². The Kier molecular flexibility index (Phi) is 6.03. The second-order valence-corrected chi connectivity index (χ2v) is 11.3. The third-order valence-corrected chi connectivity index (χ3v) is 7.51. The summed E-state index contributed by atoms with van der Waals surface area (Å²) in [6.45, 7) is 7.05. The standard InChI is InChI=1S/C25H30N2O4S/c1-25(2,3)31-24(28)26-14-11-19(12-15-26)17-20-9-10-23-21(18-20)13-16-27(23)32(29,30)22-7-5-4-6-8-22/h4-10,13,16,18-19H,11-12,14-15,17H2,1-3H3. The number of nitrogens with zero attached hydrogens (tertiary/aromatic N) is 2. The van der Waals surface area contributed by atoms with Crippen molar-refractivity contribution in [2.24, 2.45) is 5.92 Å². The predicted molar refractivity (Wildman–Crippen MR) is 125 cm³/mol. The highest BCUT2D eigenvalue weighted by molar-refractivity contribution is 7.90. The van der Waals surface area contributed by atoms with E-state index in [1.54, 1.807) is 41.4 Å². The Morgan fingerprint density at radius 3 is 2.38 bits per heavy atom. The smallest absolute Gasteiger partial charge is 0.410 e. The normalized spacial score (nSPS) is 15.8. The molecule has 0 N–H and O–H groups in total. The van der Waals surface area contributed by atoms with E-state index < -0.39 is 15.6 Å². The fraction of sp³-hybridized carbons (Fsp3) is 0.400. The van der Waals surface area contributed by atoms with Crippen molar-refractivity contribution >= 4 is 27.0 Å². The Labute approximate surface area is 189 Å². The number of carbonyl (C=O) groups is 1. The highest BCUT2D eigenvalue weighted by Crippen LogP contribution is 2.27. The van der Waals surface area contributed by atoms with E-state index in [1.807, 2.05) is 39.0 Å². The van der Waals surface area contributed by atoms with Crippen LogP contribution >= 0.6 is 0 Å². The van der Waals surface area contributed by atoms with Crippen molar-refractivity contribution in [3.05, 3.63) is 66.4 Å². The summed E-state index contributed by atoms with van der Waals surface area (Å²) < 4.78 is 32.8. The van der Waals surface area contributed by atoms with Gasteiger partial charge in [0.1, 0.15) is 5.60 Å². The lowest BCUT2D eigenvalue weighted by molar-refractivity contribution is 0.0184. The number of hydrogen-bond donors (Lipinski definition) is 0. The Morgan fingerprint density at radius 2 is 1.72 bits per heavy atom. The lowest BCUT2D eigenvalue weighted by atomic mass is 9.90. The van der Waals surface area contributed by atoms with Gasteiger partial charge in [-0.3, -0.25) is 0 Å². The number of fused-ring (bicyclic) bond motifs is 1. The number of piperidine rings is 1. The molecular formula is C25H30N2O4S. The van der Waals surface area contributed by atoms with Crippen LogP contribution in [0, 0.1) is 5.92 Å². The summed E-state index contributed by atoms with van der Waals surface area (Å²) in [7, 11) is -3.62. The zero-order valence-corrected chi connectivity index (χ0v) is 19.6. The molecule has 0 radical (unpaired) electrons. The van der Waals surface area contributed by atoms with Crippen LogP contribution in [-0.4, -0.2) is 42.1 Å². The molecule has 170 valence electrons. The van der Waals surface area contributed by atoms with Crippen LogP contribution < -0.4 is 0 Å². The van der Waals surface area contributed by atoms with E-state index in [1.165, 1.54) is 9.54 Å². The Balaban J connectivity index is 1.44. The molecule has 6 nitrogen and oxygen atoms in total. The summed E-state index contributed by atoms with van der Waals surface area (Å²) in [5, 5.41) is 0.910. The molecule has 1 saturated heterocycles.